The van der Waals surface area contributed by atoms with Crippen LogP contribution in [0.1, 0.15) is 30.5 Å². The second-order valence-corrected chi connectivity index (χ2v) is 6.83. The summed E-state index contributed by atoms with van der Waals surface area (Å²) in [5, 5.41) is 7.51. The predicted molar refractivity (Wildman–Crippen MR) is 86.7 cm³/mol. The highest BCUT2D eigenvalue weighted by Gasteiger charge is 2.32. The molecule has 1 aromatic heterocycles. The fraction of sp³-hybridized carbons (Fsp3) is 0.438. The molecule has 1 saturated carbocycles. The zero-order valence-corrected chi connectivity index (χ0v) is 13.9. The topological polar surface area (TPSA) is 63.1 Å². The predicted octanol–water partition coefficient (Wildman–Crippen LogP) is 2.71. The minimum Gasteiger partial charge on any atom is -0.326 e. The molecule has 0 spiro atoms. The number of benzene rings is 1. The van der Waals surface area contributed by atoms with Crippen molar-refractivity contribution in [1.29, 1.82) is 0 Å². The van der Waals surface area contributed by atoms with Gasteiger partial charge in [-0.1, -0.05) is 11.6 Å². The number of likely N-dealkylation sites (N-methyl/N-ethyl adjacent to an activating group) is 1. The zero-order valence-electron chi connectivity index (χ0n) is 13.2. The smallest absolute Gasteiger partial charge is 0.317 e. The van der Waals surface area contributed by atoms with Gasteiger partial charge in [-0.15, -0.1) is 0 Å². The summed E-state index contributed by atoms with van der Waals surface area (Å²) in [6.07, 6.45) is 3.23. The van der Waals surface area contributed by atoms with Crippen LogP contribution in [0.2, 0.25) is 5.02 Å². The van der Waals surface area contributed by atoms with Gasteiger partial charge in [-0.3, -0.25) is 0 Å². The third-order valence-electron chi connectivity index (χ3n) is 4.40. The number of hydrogen-bond acceptors (Lipinski definition) is 3. The van der Waals surface area contributed by atoms with E-state index in [9.17, 15) is 9.18 Å². The van der Waals surface area contributed by atoms with E-state index in [4.69, 9.17) is 11.6 Å². The highest BCUT2D eigenvalue weighted by atomic mass is 35.5. The number of nitrogens with zero attached hydrogens (tertiary/aromatic N) is 4. The minimum atomic E-state index is -0.478. The van der Waals surface area contributed by atoms with Gasteiger partial charge in [0.2, 0.25) is 0 Å². The van der Waals surface area contributed by atoms with Crippen molar-refractivity contribution in [1.82, 2.24) is 25.0 Å². The van der Waals surface area contributed by atoms with Crippen molar-refractivity contribution in [3.63, 3.8) is 0 Å². The Labute approximate surface area is 143 Å². The van der Waals surface area contributed by atoms with Crippen LogP contribution in [0.15, 0.2) is 18.2 Å². The van der Waals surface area contributed by atoms with Crippen molar-refractivity contribution in [3.8, 4) is 5.69 Å². The summed E-state index contributed by atoms with van der Waals surface area (Å²) in [7, 11) is 1.73. The Hall–Kier alpha value is -2.15. The Balaban J connectivity index is 1.74. The molecule has 1 unspecified atom stereocenters. The molecule has 1 atom stereocenters. The first kappa shape index (κ1) is 15.4. The molecule has 2 fully saturated rings. The number of carbonyl (C=O) groups is 1. The lowest BCUT2D eigenvalue weighted by Crippen LogP contribution is -2.24. The van der Waals surface area contributed by atoms with E-state index in [2.05, 4.69) is 15.4 Å². The van der Waals surface area contributed by atoms with Gasteiger partial charge < -0.3 is 10.2 Å². The Morgan fingerprint density at radius 1 is 1.42 bits per heavy atom. The SMILES string of the molecule is CN1CC(c2nc(CC3CC3)nn2-c2ccc(F)c(Cl)c2)NC1=O. The third-order valence-corrected chi connectivity index (χ3v) is 4.69. The molecule has 2 amide bonds. The monoisotopic (exact) mass is 349 g/mol. The largest absolute Gasteiger partial charge is 0.326 e. The van der Waals surface area contributed by atoms with E-state index in [-0.39, 0.29) is 17.1 Å². The van der Waals surface area contributed by atoms with Crippen molar-refractivity contribution < 1.29 is 9.18 Å². The van der Waals surface area contributed by atoms with E-state index in [1.807, 2.05) is 0 Å². The molecule has 2 aliphatic rings. The van der Waals surface area contributed by atoms with Crippen LogP contribution in [0, 0.1) is 11.7 Å². The maximum absolute atomic E-state index is 13.5. The quantitative estimate of drug-likeness (QED) is 0.923. The number of rotatable bonds is 4. The van der Waals surface area contributed by atoms with E-state index in [1.54, 1.807) is 22.7 Å². The molecule has 2 heterocycles. The number of carbonyl (C=O) groups excluding carboxylic acids is 1. The second-order valence-electron chi connectivity index (χ2n) is 6.43. The number of urea groups is 1. The molecule has 0 radical (unpaired) electrons. The van der Waals surface area contributed by atoms with E-state index < -0.39 is 5.82 Å². The van der Waals surface area contributed by atoms with Crippen LogP contribution in [0.3, 0.4) is 0 Å². The van der Waals surface area contributed by atoms with Gasteiger partial charge >= 0.3 is 6.03 Å². The van der Waals surface area contributed by atoms with Crippen LogP contribution in [-0.4, -0.2) is 39.3 Å². The molecule has 0 bridgehead atoms. The number of nitrogens with one attached hydrogen (secondary N) is 1. The molecule has 1 aliphatic heterocycles. The normalized spacial score (nSPS) is 20.5. The molecule has 1 aromatic carbocycles. The average molecular weight is 350 g/mol. The number of amides is 2. The molecule has 1 aliphatic carbocycles. The van der Waals surface area contributed by atoms with E-state index in [0.717, 1.165) is 12.2 Å². The lowest BCUT2D eigenvalue weighted by molar-refractivity contribution is 0.226. The van der Waals surface area contributed by atoms with Crippen molar-refractivity contribution in [3.05, 3.63) is 40.7 Å². The van der Waals surface area contributed by atoms with E-state index in [0.29, 0.717) is 24.0 Å². The van der Waals surface area contributed by atoms with Gasteiger partial charge in [-0.05, 0) is 37.0 Å². The minimum absolute atomic E-state index is 0.0327. The molecule has 8 heteroatoms. The Morgan fingerprint density at radius 3 is 2.83 bits per heavy atom. The van der Waals surface area contributed by atoms with Crippen LogP contribution in [0.25, 0.3) is 5.69 Å². The fourth-order valence-electron chi connectivity index (χ4n) is 2.88. The standard InChI is InChI=1S/C16H17ClFN5O/c1-22-8-13(19-16(22)24)15-20-14(6-9-2-3-9)21-23(15)10-4-5-12(18)11(17)7-10/h4-5,7,9,13H,2-3,6,8H2,1H3,(H,19,24). The summed E-state index contributed by atoms with van der Waals surface area (Å²) in [6.45, 7) is 0.509. The highest BCUT2D eigenvalue weighted by Crippen LogP contribution is 2.32. The maximum atomic E-state index is 13.5. The molecular formula is C16H17ClFN5O. The van der Waals surface area contributed by atoms with Crippen LogP contribution in [0.5, 0.6) is 0 Å². The first-order valence-electron chi connectivity index (χ1n) is 7.94. The first-order chi connectivity index (χ1) is 11.5. The number of halogens is 2. The first-order valence-corrected chi connectivity index (χ1v) is 8.32. The Kier molecular flexibility index (Phi) is 3.68. The van der Waals surface area contributed by atoms with Crippen LogP contribution in [-0.2, 0) is 6.42 Å². The summed E-state index contributed by atoms with van der Waals surface area (Å²) < 4.78 is 15.1. The summed E-state index contributed by atoms with van der Waals surface area (Å²) in [6, 6.07) is 4.04. The molecule has 24 heavy (non-hydrogen) atoms. The molecule has 2 aromatic rings. The van der Waals surface area contributed by atoms with Crippen molar-refractivity contribution >= 4 is 17.6 Å². The number of aromatic nitrogens is 3. The van der Waals surface area contributed by atoms with E-state index >= 15 is 0 Å². The summed E-state index contributed by atoms with van der Waals surface area (Å²) >= 11 is 5.91. The Bertz CT molecular complexity index is 804. The van der Waals surface area contributed by atoms with Crippen molar-refractivity contribution in [2.24, 2.45) is 5.92 Å². The average Bonchev–Trinajstić information content (AvgIpc) is 3.16. The van der Waals surface area contributed by atoms with Crippen LogP contribution in [0.4, 0.5) is 9.18 Å². The lowest BCUT2D eigenvalue weighted by atomic mass is 10.2. The molecule has 1 N–H and O–H groups in total. The van der Waals surface area contributed by atoms with Gasteiger partial charge in [0, 0.05) is 20.0 Å². The second kappa shape index (κ2) is 5.73. The van der Waals surface area contributed by atoms with Crippen LogP contribution < -0.4 is 5.32 Å². The van der Waals surface area contributed by atoms with Gasteiger partial charge in [0.15, 0.2) is 11.6 Å². The molecule has 6 nitrogen and oxygen atoms in total. The van der Waals surface area contributed by atoms with Gasteiger partial charge in [0.05, 0.1) is 10.7 Å². The van der Waals surface area contributed by atoms with Gasteiger partial charge in [0.1, 0.15) is 11.9 Å². The summed E-state index contributed by atoms with van der Waals surface area (Å²) in [5.41, 5.74) is 0.634. The van der Waals surface area contributed by atoms with Crippen molar-refractivity contribution in [2.75, 3.05) is 13.6 Å². The Morgan fingerprint density at radius 2 is 2.21 bits per heavy atom. The summed E-state index contributed by atoms with van der Waals surface area (Å²) in [4.78, 5) is 18.0. The summed E-state index contributed by atoms with van der Waals surface area (Å²) in [5.74, 6) is 1.56. The highest BCUT2D eigenvalue weighted by molar-refractivity contribution is 6.30. The number of hydrogen-bond donors (Lipinski definition) is 1. The van der Waals surface area contributed by atoms with Crippen molar-refractivity contribution in [2.45, 2.75) is 25.3 Å². The van der Waals surface area contributed by atoms with Gasteiger partial charge in [-0.25, -0.2) is 18.9 Å². The molecule has 1 saturated heterocycles. The van der Waals surface area contributed by atoms with Crippen LogP contribution >= 0.6 is 11.6 Å². The van der Waals surface area contributed by atoms with Gasteiger partial charge in [-0.2, -0.15) is 5.10 Å². The third kappa shape index (κ3) is 2.84. The lowest BCUT2D eigenvalue weighted by Gasteiger charge is -2.11. The fourth-order valence-corrected chi connectivity index (χ4v) is 3.05. The maximum Gasteiger partial charge on any atom is 0.317 e. The molecule has 4 rings (SSSR count). The van der Waals surface area contributed by atoms with Gasteiger partial charge in [0.25, 0.3) is 0 Å². The molecule has 126 valence electrons. The van der Waals surface area contributed by atoms with E-state index in [1.165, 1.54) is 25.0 Å². The molecular weight excluding hydrogens is 333 g/mol. The zero-order chi connectivity index (χ0) is 16.8.